The maximum absolute atomic E-state index is 12.9. The molecule has 0 atom stereocenters. The van der Waals surface area contributed by atoms with E-state index in [0.717, 1.165) is 25.8 Å². The Kier molecular flexibility index (Phi) is 4.00. The Morgan fingerprint density at radius 2 is 2.04 bits per heavy atom. The molecule has 4 rings (SSSR count). The average molecular weight is 307 g/mol. The third-order valence-electron chi connectivity index (χ3n) is 4.96. The third kappa shape index (κ3) is 2.96. The van der Waals surface area contributed by atoms with Gasteiger partial charge in [-0.2, -0.15) is 0 Å². The molecule has 0 amide bonds. The van der Waals surface area contributed by atoms with Crippen molar-refractivity contribution >= 4 is 5.57 Å². The van der Waals surface area contributed by atoms with Crippen LogP contribution in [0.5, 0.6) is 0 Å². The molecule has 0 aromatic heterocycles. The maximum Gasteiger partial charge on any atom is 0.125 e. The summed E-state index contributed by atoms with van der Waals surface area (Å²) in [5.74, 6) is 0. The van der Waals surface area contributed by atoms with Crippen LogP contribution in [0.25, 0.3) is 5.57 Å². The van der Waals surface area contributed by atoms with Gasteiger partial charge in [0.1, 0.15) is 6.17 Å². The summed E-state index contributed by atoms with van der Waals surface area (Å²) < 4.78 is 12.9. The molecule has 0 bridgehead atoms. The van der Waals surface area contributed by atoms with Gasteiger partial charge in [-0.1, -0.05) is 54.6 Å². The zero-order valence-electron chi connectivity index (χ0n) is 13.3. The molecule has 1 fully saturated rings. The van der Waals surface area contributed by atoms with E-state index in [0.29, 0.717) is 13.1 Å². The molecule has 0 N–H and O–H groups in total. The normalized spacial score (nSPS) is 22.7. The average Bonchev–Trinajstić information content (AvgIpc) is 2.71. The molecule has 0 saturated carbocycles. The Hall–Kier alpha value is -1.93. The SMILES string of the molecule is FC1CN(CCC=C2C3=CC=CCC3=CCc3ccccc32)C1. The first-order chi connectivity index (χ1) is 11.3. The highest BCUT2D eigenvalue weighted by atomic mass is 19.1. The summed E-state index contributed by atoms with van der Waals surface area (Å²) in [5.41, 5.74) is 6.90. The number of alkyl halides is 1. The fourth-order valence-corrected chi connectivity index (χ4v) is 3.67. The number of halogens is 1. The standard InChI is InChI=1S/C21H22FN/c22-18-14-23(15-18)13-5-10-21-19-8-3-1-6-16(19)11-12-17-7-2-4-9-20(17)21/h1-4,6,8-10,12,18H,5,7,11,13-15H2. The van der Waals surface area contributed by atoms with Crippen LogP contribution in [0.1, 0.15) is 24.0 Å². The molecule has 1 saturated heterocycles. The molecule has 3 aliphatic rings. The van der Waals surface area contributed by atoms with E-state index in [1.807, 2.05) is 0 Å². The highest BCUT2D eigenvalue weighted by Gasteiger charge is 2.25. The summed E-state index contributed by atoms with van der Waals surface area (Å²) in [5, 5.41) is 0. The van der Waals surface area contributed by atoms with Crippen molar-refractivity contribution in [3.63, 3.8) is 0 Å². The second-order valence-electron chi connectivity index (χ2n) is 6.57. The summed E-state index contributed by atoms with van der Waals surface area (Å²) in [6.45, 7) is 2.17. The predicted octanol–water partition coefficient (Wildman–Crippen LogP) is 4.48. The van der Waals surface area contributed by atoms with Gasteiger partial charge in [-0.15, -0.1) is 0 Å². The van der Waals surface area contributed by atoms with Gasteiger partial charge in [0.15, 0.2) is 0 Å². The van der Waals surface area contributed by atoms with Crippen LogP contribution < -0.4 is 0 Å². The number of hydrogen-bond donors (Lipinski definition) is 0. The molecule has 0 radical (unpaired) electrons. The van der Waals surface area contributed by atoms with E-state index in [9.17, 15) is 4.39 Å². The number of fused-ring (bicyclic) bond motifs is 2. The zero-order valence-corrected chi connectivity index (χ0v) is 13.3. The highest BCUT2D eigenvalue weighted by Crippen LogP contribution is 2.37. The van der Waals surface area contributed by atoms with Crippen molar-refractivity contribution in [2.24, 2.45) is 0 Å². The third-order valence-corrected chi connectivity index (χ3v) is 4.96. The van der Waals surface area contributed by atoms with E-state index in [1.165, 1.54) is 27.8 Å². The monoisotopic (exact) mass is 307 g/mol. The molecule has 23 heavy (non-hydrogen) atoms. The predicted molar refractivity (Wildman–Crippen MR) is 94.0 cm³/mol. The van der Waals surface area contributed by atoms with Gasteiger partial charge in [-0.05, 0) is 47.1 Å². The number of likely N-dealkylation sites (tertiary alicyclic amines) is 1. The lowest BCUT2D eigenvalue weighted by atomic mass is 9.88. The lowest BCUT2D eigenvalue weighted by Crippen LogP contribution is -2.48. The minimum Gasteiger partial charge on any atom is -0.297 e. The van der Waals surface area contributed by atoms with Gasteiger partial charge in [0.05, 0.1) is 0 Å². The van der Waals surface area contributed by atoms with Crippen LogP contribution >= 0.6 is 0 Å². The van der Waals surface area contributed by atoms with Crippen molar-refractivity contribution < 1.29 is 4.39 Å². The Morgan fingerprint density at radius 3 is 2.91 bits per heavy atom. The smallest absolute Gasteiger partial charge is 0.125 e. The Balaban J connectivity index is 1.64. The first kappa shape index (κ1) is 14.6. The number of hydrogen-bond acceptors (Lipinski definition) is 1. The summed E-state index contributed by atoms with van der Waals surface area (Å²) >= 11 is 0. The van der Waals surface area contributed by atoms with Crippen molar-refractivity contribution in [2.45, 2.75) is 25.4 Å². The maximum atomic E-state index is 12.9. The van der Waals surface area contributed by atoms with E-state index in [1.54, 1.807) is 0 Å². The topological polar surface area (TPSA) is 3.24 Å². The Labute approximate surface area is 137 Å². The van der Waals surface area contributed by atoms with E-state index < -0.39 is 6.17 Å². The summed E-state index contributed by atoms with van der Waals surface area (Å²) in [7, 11) is 0. The fraction of sp³-hybridized carbons (Fsp3) is 0.333. The Morgan fingerprint density at radius 1 is 1.17 bits per heavy atom. The lowest BCUT2D eigenvalue weighted by Gasteiger charge is -2.33. The minimum atomic E-state index is -0.609. The summed E-state index contributed by atoms with van der Waals surface area (Å²) in [6.07, 6.45) is 13.8. The second-order valence-corrected chi connectivity index (χ2v) is 6.57. The van der Waals surface area contributed by atoms with Crippen LogP contribution in [0.2, 0.25) is 0 Å². The molecular weight excluding hydrogens is 285 g/mol. The van der Waals surface area contributed by atoms with Crippen molar-refractivity contribution in [1.82, 2.24) is 4.90 Å². The molecule has 118 valence electrons. The van der Waals surface area contributed by atoms with Crippen LogP contribution in [0.15, 0.2) is 65.8 Å². The van der Waals surface area contributed by atoms with Gasteiger partial charge in [0, 0.05) is 19.6 Å². The Bertz CT molecular complexity index is 717. The molecule has 1 heterocycles. The van der Waals surface area contributed by atoms with Gasteiger partial charge in [-0.25, -0.2) is 4.39 Å². The van der Waals surface area contributed by atoms with E-state index in [2.05, 4.69) is 59.5 Å². The van der Waals surface area contributed by atoms with Gasteiger partial charge < -0.3 is 0 Å². The molecule has 0 spiro atoms. The van der Waals surface area contributed by atoms with E-state index in [4.69, 9.17) is 0 Å². The van der Waals surface area contributed by atoms with Crippen molar-refractivity contribution in [1.29, 1.82) is 0 Å². The zero-order chi connectivity index (χ0) is 15.6. The van der Waals surface area contributed by atoms with Crippen LogP contribution in [0.4, 0.5) is 4.39 Å². The molecular formula is C21H22FN. The second kappa shape index (κ2) is 6.29. The number of allylic oxidation sites excluding steroid dienone is 7. The summed E-state index contributed by atoms with van der Waals surface area (Å²) in [4.78, 5) is 2.19. The van der Waals surface area contributed by atoms with Gasteiger partial charge in [0.2, 0.25) is 0 Å². The number of rotatable bonds is 3. The van der Waals surface area contributed by atoms with Gasteiger partial charge >= 0.3 is 0 Å². The van der Waals surface area contributed by atoms with Gasteiger partial charge in [-0.3, -0.25) is 4.90 Å². The first-order valence-electron chi connectivity index (χ1n) is 8.53. The molecule has 2 heteroatoms. The van der Waals surface area contributed by atoms with Crippen LogP contribution in [0, 0.1) is 0 Å². The first-order valence-corrected chi connectivity index (χ1v) is 8.53. The quantitative estimate of drug-likeness (QED) is 0.795. The summed E-state index contributed by atoms with van der Waals surface area (Å²) in [6, 6.07) is 8.71. The molecule has 1 nitrogen and oxygen atoms in total. The molecule has 1 aliphatic heterocycles. The van der Waals surface area contributed by atoms with Crippen LogP contribution in [-0.2, 0) is 6.42 Å². The minimum absolute atomic E-state index is 0.607. The van der Waals surface area contributed by atoms with E-state index >= 15 is 0 Å². The number of nitrogens with zero attached hydrogens (tertiary/aromatic N) is 1. The van der Waals surface area contributed by atoms with Crippen molar-refractivity contribution in [2.75, 3.05) is 19.6 Å². The fourth-order valence-electron chi connectivity index (χ4n) is 3.67. The molecule has 1 aromatic rings. The van der Waals surface area contributed by atoms with Gasteiger partial charge in [0.25, 0.3) is 0 Å². The van der Waals surface area contributed by atoms with Crippen LogP contribution in [-0.4, -0.2) is 30.7 Å². The highest BCUT2D eigenvalue weighted by molar-refractivity contribution is 5.87. The molecule has 1 aromatic carbocycles. The van der Waals surface area contributed by atoms with E-state index in [-0.39, 0.29) is 0 Å². The van der Waals surface area contributed by atoms with Crippen LogP contribution in [0.3, 0.4) is 0 Å². The van der Waals surface area contributed by atoms with Crippen molar-refractivity contribution in [3.05, 3.63) is 76.9 Å². The van der Waals surface area contributed by atoms with Crippen molar-refractivity contribution in [3.8, 4) is 0 Å². The largest absolute Gasteiger partial charge is 0.297 e. The lowest BCUT2D eigenvalue weighted by molar-refractivity contribution is 0.0677. The molecule has 2 aliphatic carbocycles. The molecule has 0 unspecified atom stereocenters. The number of benzene rings is 1.